The third kappa shape index (κ3) is 3.75. The molecule has 1 aromatic rings. The minimum absolute atomic E-state index is 0.0427. The normalized spacial score (nSPS) is 26.3. The van der Waals surface area contributed by atoms with Crippen LogP contribution in [0.5, 0.6) is 0 Å². The Bertz CT molecular complexity index is 614. The standard InChI is InChI=1S/C22H32N2O2/c1-18-5-7-19(8-6-18)24-15-13-23(14-16-24)12-9-20-22(17-21(25)26-20)10-3-2-4-11-22/h5-8,20H,2-4,9-17H2,1H3/t20-/m1/s1. The van der Waals surface area contributed by atoms with Crippen LogP contribution in [0.15, 0.2) is 24.3 Å². The smallest absolute Gasteiger partial charge is 0.306 e. The molecule has 0 aromatic heterocycles. The summed E-state index contributed by atoms with van der Waals surface area (Å²) in [5.74, 6) is 0.0427. The second-order valence-corrected chi connectivity index (χ2v) is 8.53. The van der Waals surface area contributed by atoms with Gasteiger partial charge in [0.2, 0.25) is 0 Å². The lowest BCUT2D eigenvalue weighted by Gasteiger charge is -2.39. The number of ether oxygens (including phenoxy) is 1. The average Bonchev–Trinajstić information content (AvgIpc) is 2.96. The van der Waals surface area contributed by atoms with E-state index in [1.54, 1.807) is 0 Å². The molecule has 0 amide bonds. The SMILES string of the molecule is Cc1ccc(N2CCN(CC[C@H]3OC(=O)CC34CCCCC4)CC2)cc1. The van der Waals surface area contributed by atoms with Crippen molar-refractivity contribution < 1.29 is 9.53 Å². The van der Waals surface area contributed by atoms with Gasteiger partial charge in [0, 0.05) is 43.8 Å². The van der Waals surface area contributed by atoms with Gasteiger partial charge in [-0.25, -0.2) is 0 Å². The predicted molar refractivity (Wildman–Crippen MR) is 104 cm³/mol. The summed E-state index contributed by atoms with van der Waals surface area (Å²) < 4.78 is 5.77. The molecule has 1 spiro atoms. The Balaban J connectivity index is 1.28. The van der Waals surface area contributed by atoms with Crippen molar-refractivity contribution in [2.75, 3.05) is 37.6 Å². The van der Waals surface area contributed by atoms with Crippen LogP contribution in [0.3, 0.4) is 0 Å². The van der Waals surface area contributed by atoms with Gasteiger partial charge in [0.25, 0.3) is 0 Å². The summed E-state index contributed by atoms with van der Waals surface area (Å²) >= 11 is 0. The minimum atomic E-state index is 0.0427. The number of hydrogen-bond acceptors (Lipinski definition) is 4. The Morgan fingerprint density at radius 1 is 1.04 bits per heavy atom. The van der Waals surface area contributed by atoms with Gasteiger partial charge < -0.3 is 9.64 Å². The van der Waals surface area contributed by atoms with E-state index in [0.29, 0.717) is 6.42 Å². The number of esters is 1. The zero-order chi connectivity index (χ0) is 18.0. The van der Waals surface area contributed by atoms with Crippen LogP contribution in [-0.4, -0.2) is 49.7 Å². The van der Waals surface area contributed by atoms with Crippen LogP contribution in [0.1, 0.15) is 50.5 Å². The number of aryl methyl sites for hydroxylation is 1. The molecule has 1 aromatic carbocycles. The molecule has 0 N–H and O–H groups in total. The Hall–Kier alpha value is -1.55. The molecule has 4 nitrogen and oxygen atoms in total. The van der Waals surface area contributed by atoms with E-state index < -0.39 is 0 Å². The molecule has 2 heterocycles. The molecule has 3 aliphatic rings. The van der Waals surface area contributed by atoms with E-state index >= 15 is 0 Å². The van der Waals surface area contributed by atoms with E-state index in [-0.39, 0.29) is 17.5 Å². The molecule has 0 bridgehead atoms. The Morgan fingerprint density at radius 2 is 1.73 bits per heavy atom. The van der Waals surface area contributed by atoms with E-state index in [2.05, 4.69) is 41.0 Å². The van der Waals surface area contributed by atoms with Gasteiger partial charge in [0.05, 0.1) is 6.42 Å². The number of rotatable bonds is 4. The molecular weight excluding hydrogens is 324 g/mol. The molecule has 1 atom stereocenters. The molecule has 1 saturated carbocycles. The predicted octanol–water partition coefficient (Wildman–Crippen LogP) is 3.77. The first kappa shape index (κ1) is 17.8. The van der Waals surface area contributed by atoms with Gasteiger partial charge in [-0.15, -0.1) is 0 Å². The Morgan fingerprint density at radius 3 is 2.42 bits per heavy atom. The number of benzene rings is 1. The highest BCUT2D eigenvalue weighted by Gasteiger charge is 2.48. The van der Waals surface area contributed by atoms with Crippen molar-refractivity contribution in [3.8, 4) is 0 Å². The monoisotopic (exact) mass is 356 g/mol. The summed E-state index contributed by atoms with van der Waals surface area (Å²) in [6.07, 6.45) is 8.06. The van der Waals surface area contributed by atoms with Gasteiger partial charge in [0.15, 0.2) is 0 Å². The molecule has 2 aliphatic heterocycles. The van der Waals surface area contributed by atoms with Crippen molar-refractivity contribution >= 4 is 11.7 Å². The Kier molecular flexibility index (Phi) is 5.21. The molecule has 142 valence electrons. The lowest BCUT2D eigenvalue weighted by molar-refractivity contribution is -0.142. The second-order valence-electron chi connectivity index (χ2n) is 8.53. The van der Waals surface area contributed by atoms with E-state index in [1.807, 2.05) is 0 Å². The molecule has 26 heavy (non-hydrogen) atoms. The zero-order valence-corrected chi connectivity index (χ0v) is 16.1. The summed E-state index contributed by atoms with van der Waals surface area (Å²) in [4.78, 5) is 17.0. The van der Waals surface area contributed by atoms with Gasteiger partial charge in [-0.2, -0.15) is 0 Å². The summed E-state index contributed by atoms with van der Waals surface area (Å²) in [6.45, 7) is 7.55. The van der Waals surface area contributed by atoms with Gasteiger partial charge in [-0.3, -0.25) is 9.69 Å². The topological polar surface area (TPSA) is 32.8 Å². The van der Waals surface area contributed by atoms with Crippen LogP contribution in [0.2, 0.25) is 0 Å². The number of anilines is 1. The maximum atomic E-state index is 12.0. The fraction of sp³-hybridized carbons (Fsp3) is 0.682. The van der Waals surface area contributed by atoms with Gasteiger partial charge in [-0.1, -0.05) is 37.0 Å². The zero-order valence-electron chi connectivity index (χ0n) is 16.1. The van der Waals surface area contributed by atoms with Gasteiger partial charge >= 0.3 is 5.97 Å². The van der Waals surface area contributed by atoms with Crippen molar-refractivity contribution in [2.24, 2.45) is 5.41 Å². The van der Waals surface area contributed by atoms with E-state index in [9.17, 15) is 4.79 Å². The highest BCUT2D eigenvalue weighted by Crippen LogP contribution is 2.48. The number of hydrogen-bond donors (Lipinski definition) is 0. The summed E-state index contributed by atoms with van der Waals surface area (Å²) in [5, 5.41) is 0. The number of nitrogens with zero attached hydrogens (tertiary/aromatic N) is 2. The van der Waals surface area contributed by atoms with Crippen molar-refractivity contribution in [3.05, 3.63) is 29.8 Å². The van der Waals surface area contributed by atoms with Crippen molar-refractivity contribution in [1.82, 2.24) is 4.90 Å². The fourth-order valence-corrected chi connectivity index (χ4v) is 5.13. The van der Waals surface area contributed by atoms with Gasteiger partial charge in [0.1, 0.15) is 6.10 Å². The maximum Gasteiger partial charge on any atom is 0.306 e. The Labute approximate surface area is 157 Å². The lowest BCUT2D eigenvalue weighted by atomic mass is 9.68. The number of carbonyl (C=O) groups is 1. The maximum absolute atomic E-state index is 12.0. The number of cyclic esters (lactones) is 1. The van der Waals surface area contributed by atoms with E-state index in [4.69, 9.17) is 4.74 Å². The second kappa shape index (κ2) is 7.59. The average molecular weight is 357 g/mol. The van der Waals surface area contributed by atoms with Crippen LogP contribution in [0, 0.1) is 12.3 Å². The van der Waals surface area contributed by atoms with Crippen LogP contribution < -0.4 is 4.90 Å². The van der Waals surface area contributed by atoms with Gasteiger partial charge in [-0.05, 0) is 38.3 Å². The number of piperazine rings is 1. The molecule has 0 unspecified atom stereocenters. The quantitative estimate of drug-likeness (QED) is 0.769. The van der Waals surface area contributed by atoms with Crippen molar-refractivity contribution in [2.45, 2.75) is 58.0 Å². The number of carbonyl (C=O) groups excluding carboxylic acids is 1. The molecule has 3 fully saturated rings. The summed E-state index contributed by atoms with van der Waals surface area (Å²) in [5.41, 5.74) is 2.82. The first-order chi connectivity index (χ1) is 12.6. The first-order valence-electron chi connectivity index (χ1n) is 10.4. The van der Waals surface area contributed by atoms with Crippen LogP contribution >= 0.6 is 0 Å². The largest absolute Gasteiger partial charge is 0.462 e. The molecule has 2 saturated heterocycles. The van der Waals surface area contributed by atoms with Crippen LogP contribution in [0.25, 0.3) is 0 Å². The summed E-state index contributed by atoms with van der Waals surface area (Å²) in [7, 11) is 0. The highest BCUT2D eigenvalue weighted by atomic mass is 16.6. The minimum Gasteiger partial charge on any atom is -0.462 e. The third-order valence-electron chi connectivity index (χ3n) is 6.78. The lowest BCUT2D eigenvalue weighted by Crippen LogP contribution is -2.47. The highest BCUT2D eigenvalue weighted by molar-refractivity contribution is 5.73. The first-order valence-corrected chi connectivity index (χ1v) is 10.4. The van der Waals surface area contributed by atoms with E-state index in [0.717, 1.165) is 39.1 Å². The molecular formula is C22H32N2O2. The van der Waals surface area contributed by atoms with Crippen molar-refractivity contribution in [1.29, 1.82) is 0 Å². The summed E-state index contributed by atoms with van der Waals surface area (Å²) in [6, 6.07) is 8.85. The third-order valence-corrected chi connectivity index (χ3v) is 6.78. The van der Waals surface area contributed by atoms with Crippen LogP contribution in [0.4, 0.5) is 5.69 Å². The van der Waals surface area contributed by atoms with Crippen LogP contribution in [-0.2, 0) is 9.53 Å². The molecule has 0 radical (unpaired) electrons. The van der Waals surface area contributed by atoms with Crippen molar-refractivity contribution in [3.63, 3.8) is 0 Å². The molecule has 4 heteroatoms. The molecule has 1 aliphatic carbocycles. The molecule has 4 rings (SSSR count). The fourth-order valence-electron chi connectivity index (χ4n) is 5.13. The van der Waals surface area contributed by atoms with E-state index in [1.165, 1.54) is 43.4 Å².